The van der Waals surface area contributed by atoms with Crippen molar-refractivity contribution >= 4 is 0 Å². The van der Waals surface area contributed by atoms with Crippen molar-refractivity contribution in [2.75, 3.05) is 13.7 Å². The van der Waals surface area contributed by atoms with E-state index in [1.54, 1.807) is 6.07 Å². The van der Waals surface area contributed by atoms with Crippen LogP contribution in [0, 0.1) is 6.92 Å². The van der Waals surface area contributed by atoms with Crippen LogP contribution in [0.2, 0.25) is 0 Å². The van der Waals surface area contributed by atoms with Crippen molar-refractivity contribution in [1.29, 1.82) is 0 Å². The Balaban J connectivity index is 1.64. The Morgan fingerprint density at radius 1 is 1.42 bits per heavy atom. The number of rotatable bonds is 6. The molecule has 1 aliphatic heterocycles. The van der Waals surface area contributed by atoms with Gasteiger partial charge in [-0.15, -0.1) is 0 Å². The number of nitrogens with zero attached hydrogens (tertiary/aromatic N) is 3. The Bertz CT molecular complexity index is 722. The number of imidazole rings is 1. The molecule has 3 heterocycles. The van der Waals surface area contributed by atoms with Crippen molar-refractivity contribution in [2.45, 2.75) is 51.7 Å². The largest absolute Gasteiger partial charge is 0.490 e. The smallest absolute Gasteiger partial charge is 0.227 e. The number of hydrogen-bond acceptors (Lipinski definition) is 5. The maximum atomic E-state index is 11.9. The fourth-order valence-corrected chi connectivity index (χ4v) is 3.39. The first-order valence-corrected chi connectivity index (χ1v) is 8.55. The van der Waals surface area contributed by atoms with Gasteiger partial charge in [-0.1, -0.05) is 6.42 Å². The summed E-state index contributed by atoms with van der Waals surface area (Å²) < 4.78 is 12.7. The van der Waals surface area contributed by atoms with Crippen molar-refractivity contribution in [3.63, 3.8) is 0 Å². The molecule has 1 atom stereocenters. The zero-order valence-electron chi connectivity index (χ0n) is 14.4. The highest BCUT2D eigenvalue weighted by molar-refractivity contribution is 5.17. The molecule has 0 N–H and O–H groups in total. The van der Waals surface area contributed by atoms with Gasteiger partial charge in [0.1, 0.15) is 17.8 Å². The van der Waals surface area contributed by atoms with Gasteiger partial charge in [0.2, 0.25) is 11.2 Å². The summed E-state index contributed by atoms with van der Waals surface area (Å²) in [5, 5.41) is 0. The second kappa shape index (κ2) is 7.66. The molecule has 0 spiro atoms. The molecule has 1 fully saturated rings. The third-order valence-electron chi connectivity index (χ3n) is 4.81. The summed E-state index contributed by atoms with van der Waals surface area (Å²) in [6, 6.07) is 2.05. The summed E-state index contributed by atoms with van der Waals surface area (Å²) >= 11 is 0. The number of piperidine rings is 1. The van der Waals surface area contributed by atoms with Gasteiger partial charge >= 0.3 is 0 Å². The Morgan fingerprint density at radius 2 is 2.29 bits per heavy atom. The minimum absolute atomic E-state index is 0.124. The van der Waals surface area contributed by atoms with E-state index in [9.17, 15) is 4.79 Å². The van der Waals surface area contributed by atoms with E-state index in [1.807, 2.05) is 19.3 Å². The van der Waals surface area contributed by atoms with Gasteiger partial charge in [-0.2, -0.15) is 0 Å². The molecular formula is C18H25N3O3. The molecule has 0 aliphatic carbocycles. The number of aromatic nitrogens is 2. The molecule has 24 heavy (non-hydrogen) atoms. The molecule has 3 rings (SSSR count). The first-order valence-electron chi connectivity index (χ1n) is 8.55. The lowest BCUT2D eigenvalue weighted by Gasteiger charge is -2.35. The number of ether oxygens (including phenoxy) is 1. The second-order valence-corrected chi connectivity index (χ2v) is 6.36. The number of likely N-dealkylation sites (tertiary alicyclic amines) is 1. The first-order chi connectivity index (χ1) is 11.7. The maximum Gasteiger partial charge on any atom is 0.227 e. The van der Waals surface area contributed by atoms with Crippen LogP contribution in [0.4, 0.5) is 0 Å². The van der Waals surface area contributed by atoms with Crippen LogP contribution >= 0.6 is 0 Å². The highest BCUT2D eigenvalue weighted by Crippen LogP contribution is 2.22. The minimum atomic E-state index is -0.124. The van der Waals surface area contributed by atoms with Gasteiger partial charge in [0.15, 0.2) is 0 Å². The fraction of sp³-hybridized carbons (Fsp3) is 0.556. The monoisotopic (exact) mass is 331 g/mol. The summed E-state index contributed by atoms with van der Waals surface area (Å²) in [4.78, 5) is 18.6. The molecule has 130 valence electrons. The van der Waals surface area contributed by atoms with Crippen molar-refractivity contribution < 1.29 is 9.15 Å². The third kappa shape index (κ3) is 3.87. The molecule has 6 nitrogen and oxygen atoms in total. The van der Waals surface area contributed by atoms with Crippen LogP contribution < -0.4 is 10.2 Å². The molecule has 2 aromatic rings. The summed E-state index contributed by atoms with van der Waals surface area (Å²) in [5.41, 5.74) is -0.124. The van der Waals surface area contributed by atoms with Crippen LogP contribution in [0.25, 0.3) is 0 Å². The van der Waals surface area contributed by atoms with Crippen molar-refractivity contribution in [2.24, 2.45) is 0 Å². The standard InChI is InChI=1S/C18H25N3O3/c1-14-19-7-10-20(14)9-6-15-5-3-4-8-21(15)12-16-11-17(22)18(23-2)13-24-16/h7,10-11,13,15H,3-6,8-9,12H2,1-2H3/t15-/m1/s1. The summed E-state index contributed by atoms with van der Waals surface area (Å²) in [7, 11) is 1.48. The van der Waals surface area contributed by atoms with Gasteiger partial charge in [0.25, 0.3) is 0 Å². The first kappa shape index (κ1) is 16.8. The molecule has 0 radical (unpaired) electrons. The SMILES string of the molecule is COc1coc(CN2CCCC[C@@H]2CCn2ccnc2C)cc1=O. The van der Waals surface area contributed by atoms with Crippen molar-refractivity contribution in [3.8, 4) is 5.75 Å². The predicted octanol–water partition coefficient (Wildman–Crippen LogP) is 2.60. The van der Waals surface area contributed by atoms with Crippen molar-refractivity contribution in [1.82, 2.24) is 14.5 Å². The lowest BCUT2D eigenvalue weighted by molar-refractivity contribution is 0.118. The maximum absolute atomic E-state index is 11.9. The molecular weight excluding hydrogens is 306 g/mol. The van der Waals surface area contributed by atoms with Gasteiger partial charge in [0.05, 0.1) is 13.7 Å². The van der Waals surface area contributed by atoms with Gasteiger partial charge in [-0.25, -0.2) is 4.98 Å². The minimum Gasteiger partial charge on any atom is -0.490 e. The summed E-state index contributed by atoms with van der Waals surface area (Å²) in [6.07, 6.45) is 10.0. The Labute approximate surface area is 142 Å². The van der Waals surface area contributed by atoms with Crippen LogP contribution in [0.3, 0.4) is 0 Å². The normalized spacial score (nSPS) is 18.7. The van der Waals surface area contributed by atoms with E-state index in [4.69, 9.17) is 9.15 Å². The Kier molecular flexibility index (Phi) is 5.35. The summed E-state index contributed by atoms with van der Waals surface area (Å²) in [5.74, 6) is 2.01. The molecule has 0 amide bonds. The molecule has 1 aliphatic rings. The van der Waals surface area contributed by atoms with Gasteiger partial charge in [-0.05, 0) is 32.7 Å². The van der Waals surface area contributed by atoms with E-state index in [1.165, 1.54) is 32.6 Å². The van der Waals surface area contributed by atoms with Gasteiger partial charge < -0.3 is 13.7 Å². The van der Waals surface area contributed by atoms with E-state index in [0.717, 1.165) is 25.3 Å². The zero-order chi connectivity index (χ0) is 16.9. The Morgan fingerprint density at radius 3 is 3.00 bits per heavy atom. The molecule has 1 saturated heterocycles. The lowest BCUT2D eigenvalue weighted by atomic mass is 9.99. The predicted molar refractivity (Wildman–Crippen MR) is 91.2 cm³/mol. The van der Waals surface area contributed by atoms with Crippen molar-refractivity contribution in [3.05, 3.63) is 46.5 Å². The topological polar surface area (TPSA) is 60.5 Å². The van der Waals surface area contributed by atoms with E-state index in [0.29, 0.717) is 18.3 Å². The molecule has 2 aromatic heterocycles. The molecule has 0 unspecified atom stereocenters. The molecule has 0 aromatic carbocycles. The van der Waals surface area contributed by atoms with Crippen LogP contribution in [0.1, 0.15) is 37.3 Å². The van der Waals surface area contributed by atoms with Crippen LogP contribution in [0.5, 0.6) is 5.75 Å². The van der Waals surface area contributed by atoms with Gasteiger partial charge in [-0.3, -0.25) is 9.69 Å². The number of methoxy groups -OCH3 is 1. The van der Waals surface area contributed by atoms with E-state index in [2.05, 4.69) is 14.5 Å². The number of aryl methyl sites for hydroxylation is 2. The van der Waals surface area contributed by atoms with E-state index in [-0.39, 0.29) is 11.2 Å². The molecule has 0 bridgehead atoms. The molecule has 0 saturated carbocycles. The quantitative estimate of drug-likeness (QED) is 0.814. The van der Waals surface area contributed by atoms with Crippen LogP contribution in [-0.2, 0) is 13.1 Å². The zero-order valence-corrected chi connectivity index (χ0v) is 14.4. The van der Waals surface area contributed by atoms with Crippen LogP contribution in [0.15, 0.2) is 33.9 Å². The number of hydrogen-bond donors (Lipinski definition) is 0. The highest BCUT2D eigenvalue weighted by atomic mass is 16.5. The summed E-state index contributed by atoms with van der Waals surface area (Å²) in [6.45, 7) is 4.72. The van der Waals surface area contributed by atoms with E-state index < -0.39 is 0 Å². The van der Waals surface area contributed by atoms with Crippen LogP contribution in [-0.4, -0.2) is 34.1 Å². The second-order valence-electron chi connectivity index (χ2n) is 6.36. The van der Waals surface area contributed by atoms with Gasteiger partial charge in [0, 0.05) is 31.0 Å². The molecule has 6 heteroatoms. The lowest BCUT2D eigenvalue weighted by Crippen LogP contribution is -2.39. The third-order valence-corrected chi connectivity index (χ3v) is 4.81. The fourth-order valence-electron chi connectivity index (χ4n) is 3.39. The van der Waals surface area contributed by atoms with E-state index >= 15 is 0 Å². The Hall–Kier alpha value is -2.08. The average Bonchev–Trinajstić information content (AvgIpc) is 2.99. The highest BCUT2D eigenvalue weighted by Gasteiger charge is 2.23. The average molecular weight is 331 g/mol.